The van der Waals surface area contributed by atoms with Crippen molar-refractivity contribution in [3.05, 3.63) is 21.9 Å². The van der Waals surface area contributed by atoms with Gasteiger partial charge in [-0.25, -0.2) is 0 Å². The van der Waals surface area contributed by atoms with Gasteiger partial charge in [0.25, 0.3) is 0 Å². The molecule has 0 spiro atoms. The Morgan fingerprint density at radius 2 is 2.41 bits per heavy atom. The van der Waals surface area contributed by atoms with Crippen molar-refractivity contribution in [2.75, 3.05) is 19.6 Å². The zero-order valence-corrected chi connectivity index (χ0v) is 11.6. The zero-order valence-electron chi connectivity index (χ0n) is 10.8. The van der Waals surface area contributed by atoms with Gasteiger partial charge in [0, 0.05) is 16.3 Å². The fraction of sp³-hybridized carbons (Fsp3) is 0.714. The summed E-state index contributed by atoms with van der Waals surface area (Å²) in [5, 5.41) is 7.03. The first-order valence-electron chi connectivity index (χ1n) is 6.81. The third kappa shape index (κ3) is 4.78. The Labute approximate surface area is 109 Å². The lowest BCUT2D eigenvalue weighted by molar-refractivity contribution is 0.348. The van der Waals surface area contributed by atoms with Crippen LogP contribution in [0.15, 0.2) is 12.1 Å². The molecular formula is C14H24N2S. The van der Waals surface area contributed by atoms with Gasteiger partial charge in [-0.1, -0.05) is 0 Å². The molecule has 1 aromatic heterocycles. The van der Waals surface area contributed by atoms with E-state index in [4.69, 9.17) is 0 Å². The smallest absolute Gasteiger partial charge is 0.0299 e. The van der Waals surface area contributed by atoms with Gasteiger partial charge in [0.05, 0.1) is 0 Å². The summed E-state index contributed by atoms with van der Waals surface area (Å²) in [5.74, 6) is 0.925. The van der Waals surface area contributed by atoms with E-state index in [2.05, 4.69) is 29.7 Å². The SMILES string of the molecule is Cc1ccc(CNCCCC2CCCNC2)s1. The quantitative estimate of drug-likeness (QED) is 0.761. The second-order valence-corrected chi connectivity index (χ2v) is 6.42. The third-order valence-electron chi connectivity index (χ3n) is 3.46. The maximum absolute atomic E-state index is 3.54. The van der Waals surface area contributed by atoms with Crippen molar-refractivity contribution in [3.63, 3.8) is 0 Å². The van der Waals surface area contributed by atoms with E-state index in [1.54, 1.807) is 0 Å². The fourth-order valence-corrected chi connectivity index (χ4v) is 3.34. The Balaban J connectivity index is 1.51. The van der Waals surface area contributed by atoms with Gasteiger partial charge >= 0.3 is 0 Å². The van der Waals surface area contributed by atoms with Gasteiger partial charge in [-0.05, 0) is 70.3 Å². The minimum Gasteiger partial charge on any atom is -0.316 e. The van der Waals surface area contributed by atoms with Crippen molar-refractivity contribution in [1.29, 1.82) is 0 Å². The van der Waals surface area contributed by atoms with Gasteiger partial charge < -0.3 is 10.6 Å². The summed E-state index contributed by atoms with van der Waals surface area (Å²) in [7, 11) is 0. The Morgan fingerprint density at radius 3 is 3.12 bits per heavy atom. The van der Waals surface area contributed by atoms with E-state index in [1.165, 1.54) is 48.5 Å². The first kappa shape index (κ1) is 13.1. The van der Waals surface area contributed by atoms with Crippen LogP contribution in [0.1, 0.15) is 35.4 Å². The van der Waals surface area contributed by atoms with E-state index in [-0.39, 0.29) is 0 Å². The molecule has 17 heavy (non-hydrogen) atoms. The normalized spacial score (nSPS) is 20.6. The Bertz CT molecular complexity index is 316. The lowest BCUT2D eigenvalue weighted by Gasteiger charge is -2.22. The standard InChI is InChI=1S/C14H24N2S/c1-12-6-7-14(17-12)11-16-9-3-5-13-4-2-8-15-10-13/h6-7,13,15-16H,2-5,8-11H2,1H3. The van der Waals surface area contributed by atoms with Crippen LogP contribution in [0.25, 0.3) is 0 Å². The van der Waals surface area contributed by atoms with Crippen molar-refractivity contribution in [3.8, 4) is 0 Å². The number of thiophene rings is 1. The Morgan fingerprint density at radius 1 is 1.47 bits per heavy atom. The number of nitrogens with one attached hydrogen (secondary N) is 2. The summed E-state index contributed by atoms with van der Waals surface area (Å²) < 4.78 is 0. The van der Waals surface area contributed by atoms with E-state index in [0.29, 0.717) is 0 Å². The number of rotatable bonds is 6. The van der Waals surface area contributed by atoms with E-state index in [1.807, 2.05) is 11.3 Å². The van der Waals surface area contributed by atoms with Crippen LogP contribution in [0.3, 0.4) is 0 Å². The van der Waals surface area contributed by atoms with Crippen LogP contribution in [-0.2, 0) is 6.54 Å². The van der Waals surface area contributed by atoms with Crippen molar-refractivity contribution < 1.29 is 0 Å². The van der Waals surface area contributed by atoms with Crippen LogP contribution in [-0.4, -0.2) is 19.6 Å². The third-order valence-corrected chi connectivity index (χ3v) is 4.46. The highest BCUT2D eigenvalue weighted by Gasteiger charge is 2.11. The zero-order chi connectivity index (χ0) is 11.9. The van der Waals surface area contributed by atoms with Crippen LogP contribution < -0.4 is 10.6 Å². The van der Waals surface area contributed by atoms with E-state index < -0.39 is 0 Å². The molecule has 2 N–H and O–H groups in total. The maximum atomic E-state index is 3.54. The number of aryl methyl sites for hydroxylation is 1. The van der Waals surface area contributed by atoms with Gasteiger partial charge in [-0.15, -0.1) is 11.3 Å². The van der Waals surface area contributed by atoms with Gasteiger partial charge in [0.15, 0.2) is 0 Å². The summed E-state index contributed by atoms with van der Waals surface area (Å²) in [4.78, 5) is 2.87. The molecular weight excluding hydrogens is 228 g/mol. The lowest BCUT2D eigenvalue weighted by Crippen LogP contribution is -2.30. The molecule has 2 nitrogen and oxygen atoms in total. The molecule has 2 heterocycles. The molecule has 3 heteroatoms. The topological polar surface area (TPSA) is 24.1 Å². The first-order chi connectivity index (χ1) is 8.34. The van der Waals surface area contributed by atoms with Crippen molar-refractivity contribution >= 4 is 11.3 Å². The minimum absolute atomic E-state index is 0.925. The van der Waals surface area contributed by atoms with Gasteiger partial charge in [0.1, 0.15) is 0 Å². The molecule has 1 aliphatic heterocycles. The molecule has 1 fully saturated rings. The largest absolute Gasteiger partial charge is 0.316 e. The summed E-state index contributed by atoms with van der Waals surface area (Å²) in [6.07, 6.45) is 5.49. The molecule has 1 saturated heterocycles. The molecule has 1 aromatic rings. The maximum Gasteiger partial charge on any atom is 0.0299 e. The monoisotopic (exact) mass is 252 g/mol. The minimum atomic E-state index is 0.925. The predicted octanol–water partition coefficient (Wildman–Crippen LogP) is 2.93. The molecule has 0 radical (unpaired) electrons. The van der Waals surface area contributed by atoms with Gasteiger partial charge in [0.2, 0.25) is 0 Å². The highest BCUT2D eigenvalue weighted by molar-refractivity contribution is 7.11. The molecule has 2 rings (SSSR count). The molecule has 0 amide bonds. The van der Waals surface area contributed by atoms with Gasteiger partial charge in [-0.3, -0.25) is 0 Å². The lowest BCUT2D eigenvalue weighted by atomic mass is 9.95. The Hall–Kier alpha value is -0.380. The average Bonchev–Trinajstić information content (AvgIpc) is 2.76. The summed E-state index contributed by atoms with van der Waals surface area (Å²) in [5.41, 5.74) is 0. The Kier molecular flexibility index (Phi) is 5.49. The molecule has 0 bridgehead atoms. The van der Waals surface area contributed by atoms with Gasteiger partial charge in [-0.2, -0.15) is 0 Å². The van der Waals surface area contributed by atoms with Crippen molar-refractivity contribution in [2.45, 2.75) is 39.2 Å². The highest BCUT2D eigenvalue weighted by atomic mass is 32.1. The summed E-state index contributed by atoms with van der Waals surface area (Å²) in [6.45, 7) is 6.84. The van der Waals surface area contributed by atoms with Crippen LogP contribution in [0.5, 0.6) is 0 Å². The molecule has 0 aliphatic carbocycles. The van der Waals surface area contributed by atoms with Crippen LogP contribution in [0.4, 0.5) is 0 Å². The molecule has 96 valence electrons. The summed E-state index contributed by atoms with van der Waals surface area (Å²) in [6, 6.07) is 4.44. The second kappa shape index (κ2) is 7.14. The van der Waals surface area contributed by atoms with E-state index in [0.717, 1.165) is 19.0 Å². The first-order valence-corrected chi connectivity index (χ1v) is 7.63. The fourth-order valence-electron chi connectivity index (χ4n) is 2.48. The number of hydrogen-bond acceptors (Lipinski definition) is 3. The van der Waals surface area contributed by atoms with Crippen LogP contribution in [0.2, 0.25) is 0 Å². The van der Waals surface area contributed by atoms with Crippen LogP contribution >= 0.6 is 11.3 Å². The van der Waals surface area contributed by atoms with E-state index in [9.17, 15) is 0 Å². The molecule has 1 unspecified atom stereocenters. The van der Waals surface area contributed by atoms with Crippen molar-refractivity contribution in [1.82, 2.24) is 10.6 Å². The van der Waals surface area contributed by atoms with Crippen molar-refractivity contribution in [2.24, 2.45) is 5.92 Å². The van der Waals surface area contributed by atoms with Crippen LogP contribution in [0, 0.1) is 12.8 Å². The summed E-state index contributed by atoms with van der Waals surface area (Å²) >= 11 is 1.90. The molecule has 1 atom stereocenters. The molecule has 0 saturated carbocycles. The number of hydrogen-bond donors (Lipinski definition) is 2. The average molecular weight is 252 g/mol. The number of piperidine rings is 1. The second-order valence-electron chi connectivity index (χ2n) is 5.04. The molecule has 1 aliphatic rings. The molecule has 0 aromatic carbocycles. The van der Waals surface area contributed by atoms with E-state index >= 15 is 0 Å². The predicted molar refractivity (Wildman–Crippen MR) is 75.6 cm³/mol. The highest BCUT2D eigenvalue weighted by Crippen LogP contribution is 2.16.